The average Bonchev–Trinajstić information content (AvgIpc) is 2.80. The fraction of sp³-hybridized carbons (Fsp3) is 0.200. The van der Waals surface area contributed by atoms with Gasteiger partial charge in [0.1, 0.15) is 0 Å². The highest BCUT2D eigenvalue weighted by atomic mass is 79.9. The van der Waals surface area contributed by atoms with Gasteiger partial charge in [-0.3, -0.25) is 4.40 Å². The maximum absolute atomic E-state index is 4.59. The molecule has 0 radical (unpaired) electrons. The van der Waals surface area contributed by atoms with Crippen molar-refractivity contribution in [1.29, 1.82) is 0 Å². The van der Waals surface area contributed by atoms with Crippen molar-refractivity contribution in [2.24, 2.45) is 0 Å². The quantitative estimate of drug-likeness (QED) is 0.657. The number of thioether (sulfide) groups is 1. The van der Waals surface area contributed by atoms with Crippen molar-refractivity contribution in [3.8, 4) is 0 Å². The molecule has 2 aromatic heterocycles. The number of fused-ring (bicyclic) bond motifs is 1. The number of aryl methyl sites for hydroxylation is 2. The first-order valence-electron chi connectivity index (χ1n) is 6.32. The lowest BCUT2D eigenvalue weighted by atomic mass is 10.3. The Hall–Kier alpha value is -1.33. The zero-order valence-corrected chi connectivity index (χ0v) is 13.7. The summed E-state index contributed by atoms with van der Waals surface area (Å²) in [5, 5.41) is 0. The molecule has 0 spiro atoms. The van der Waals surface area contributed by atoms with E-state index < -0.39 is 0 Å². The molecule has 3 nitrogen and oxygen atoms in total. The minimum Gasteiger partial charge on any atom is -0.288 e. The van der Waals surface area contributed by atoms with Gasteiger partial charge in [0.25, 0.3) is 0 Å². The summed E-state index contributed by atoms with van der Waals surface area (Å²) in [7, 11) is 0. The standard InChI is InChI=1S/C15H14BrN3S/c1-10-6-11(2)19-8-13(18-15(19)17-10)9-20-14-5-3-4-12(16)7-14/h3-8H,9H2,1-2H3. The maximum Gasteiger partial charge on any atom is 0.234 e. The SMILES string of the molecule is Cc1cc(C)n2cc(CSc3cccc(Br)c3)nc2n1. The van der Waals surface area contributed by atoms with E-state index in [-0.39, 0.29) is 0 Å². The van der Waals surface area contributed by atoms with E-state index >= 15 is 0 Å². The molecule has 0 atom stereocenters. The molecule has 0 unspecified atom stereocenters. The van der Waals surface area contributed by atoms with Crippen LogP contribution < -0.4 is 0 Å². The van der Waals surface area contributed by atoms with Crippen LogP contribution in [0.3, 0.4) is 0 Å². The molecule has 0 saturated heterocycles. The Morgan fingerprint density at radius 1 is 1.20 bits per heavy atom. The van der Waals surface area contributed by atoms with E-state index in [1.165, 1.54) is 10.6 Å². The van der Waals surface area contributed by atoms with E-state index in [4.69, 9.17) is 0 Å². The number of hydrogen-bond donors (Lipinski definition) is 0. The highest BCUT2D eigenvalue weighted by Crippen LogP contribution is 2.25. The minimum atomic E-state index is 0.785. The van der Waals surface area contributed by atoms with E-state index in [0.717, 1.165) is 27.4 Å². The first kappa shape index (κ1) is 13.6. The number of hydrogen-bond acceptors (Lipinski definition) is 3. The first-order valence-corrected chi connectivity index (χ1v) is 8.10. The van der Waals surface area contributed by atoms with Crippen molar-refractivity contribution in [1.82, 2.24) is 14.4 Å². The van der Waals surface area contributed by atoms with Gasteiger partial charge in [0.15, 0.2) is 0 Å². The Bertz CT molecular complexity index is 767. The van der Waals surface area contributed by atoms with Gasteiger partial charge in [-0.05, 0) is 38.1 Å². The predicted molar refractivity (Wildman–Crippen MR) is 86.2 cm³/mol. The molecule has 0 fully saturated rings. The molecule has 102 valence electrons. The van der Waals surface area contributed by atoms with Crippen molar-refractivity contribution < 1.29 is 0 Å². The Balaban J connectivity index is 1.83. The van der Waals surface area contributed by atoms with Crippen LogP contribution in [0.15, 0.2) is 45.9 Å². The van der Waals surface area contributed by atoms with Crippen molar-refractivity contribution in [2.75, 3.05) is 0 Å². The third kappa shape index (κ3) is 2.88. The van der Waals surface area contributed by atoms with Gasteiger partial charge in [0.2, 0.25) is 5.78 Å². The van der Waals surface area contributed by atoms with Crippen LogP contribution in [0.1, 0.15) is 17.1 Å². The topological polar surface area (TPSA) is 30.2 Å². The van der Waals surface area contributed by atoms with Crippen LogP contribution in [0.2, 0.25) is 0 Å². The van der Waals surface area contributed by atoms with E-state index in [1.807, 2.05) is 23.5 Å². The fourth-order valence-corrected chi connectivity index (χ4v) is 3.49. The van der Waals surface area contributed by atoms with E-state index in [0.29, 0.717) is 0 Å². The molecule has 1 aromatic carbocycles. The average molecular weight is 348 g/mol. The highest BCUT2D eigenvalue weighted by Gasteiger charge is 2.06. The fourth-order valence-electron chi connectivity index (χ4n) is 2.10. The van der Waals surface area contributed by atoms with Crippen molar-refractivity contribution in [3.05, 3.63) is 58.1 Å². The summed E-state index contributed by atoms with van der Waals surface area (Å²) in [5.74, 6) is 1.63. The van der Waals surface area contributed by atoms with Crippen LogP contribution >= 0.6 is 27.7 Å². The Labute approximate surface area is 130 Å². The monoisotopic (exact) mass is 347 g/mol. The Morgan fingerprint density at radius 2 is 2.05 bits per heavy atom. The summed E-state index contributed by atoms with van der Waals surface area (Å²) in [6.45, 7) is 4.08. The molecule has 0 aliphatic rings. The lowest BCUT2D eigenvalue weighted by molar-refractivity contribution is 1.01. The third-order valence-corrected chi connectivity index (χ3v) is 4.51. The first-order chi connectivity index (χ1) is 9.61. The Kier molecular flexibility index (Phi) is 3.81. The van der Waals surface area contributed by atoms with Gasteiger partial charge in [-0.2, -0.15) is 0 Å². The highest BCUT2D eigenvalue weighted by molar-refractivity contribution is 9.10. The molecule has 5 heteroatoms. The second kappa shape index (κ2) is 5.58. The normalized spacial score (nSPS) is 11.2. The van der Waals surface area contributed by atoms with Crippen LogP contribution in [0.5, 0.6) is 0 Å². The van der Waals surface area contributed by atoms with Gasteiger partial charge in [-0.1, -0.05) is 22.0 Å². The summed E-state index contributed by atoms with van der Waals surface area (Å²) in [6.07, 6.45) is 2.07. The number of aromatic nitrogens is 3. The number of halogens is 1. The van der Waals surface area contributed by atoms with Crippen molar-refractivity contribution in [2.45, 2.75) is 24.5 Å². The van der Waals surface area contributed by atoms with Crippen LogP contribution in [0.4, 0.5) is 0 Å². The molecule has 0 bridgehead atoms. The van der Waals surface area contributed by atoms with Crippen LogP contribution in [-0.4, -0.2) is 14.4 Å². The molecule has 2 heterocycles. The summed E-state index contributed by atoms with van der Waals surface area (Å²) in [6, 6.07) is 10.4. The number of nitrogens with zero attached hydrogens (tertiary/aromatic N) is 3. The third-order valence-electron chi connectivity index (χ3n) is 2.99. The molecule has 0 aliphatic carbocycles. The van der Waals surface area contributed by atoms with E-state index in [1.54, 1.807) is 11.8 Å². The molecular weight excluding hydrogens is 334 g/mol. The van der Waals surface area contributed by atoms with Gasteiger partial charge < -0.3 is 0 Å². The van der Waals surface area contributed by atoms with Crippen LogP contribution in [-0.2, 0) is 5.75 Å². The minimum absolute atomic E-state index is 0.785. The molecule has 0 N–H and O–H groups in total. The largest absolute Gasteiger partial charge is 0.288 e. The Morgan fingerprint density at radius 3 is 2.85 bits per heavy atom. The lowest BCUT2D eigenvalue weighted by Gasteiger charge is -1.99. The number of rotatable bonds is 3. The second-order valence-corrected chi connectivity index (χ2v) is 6.65. The summed E-state index contributed by atoms with van der Waals surface area (Å²) in [5.41, 5.74) is 3.22. The number of benzene rings is 1. The smallest absolute Gasteiger partial charge is 0.234 e. The lowest BCUT2D eigenvalue weighted by Crippen LogP contribution is -1.94. The molecule has 3 aromatic rings. The number of imidazole rings is 1. The second-order valence-electron chi connectivity index (χ2n) is 4.69. The summed E-state index contributed by atoms with van der Waals surface area (Å²) in [4.78, 5) is 10.3. The van der Waals surface area contributed by atoms with Crippen molar-refractivity contribution >= 4 is 33.5 Å². The zero-order chi connectivity index (χ0) is 14.1. The molecule has 20 heavy (non-hydrogen) atoms. The molecule has 0 saturated carbocycles. The van der Waals surface area contributed by atoms with E-state index in [2.05, 4.69) is 57.2 Å². The molecule has 0 amide bonds. The summed E-state index contributed by atoms with van der Waals surface area (Å²) >= 11 is 5.27. The van der Waals surface area contributed by atoms with E-state index in [9.17, 15) is 0 Å². The van der Waals surface area contributed by atoms with Gasteiger partial charge in [-0.15, -0.1) is 11.8 Å². The van der Waals surface area contributed by atoms with Crippen LogP contribution in [0, 0.1) is 13.8 Å². The van der Waals surface area contributed by atoms with Gasteiger partial charge in [-0.25, -0.2) is 9.97 Å². The van der Waals surface area contributed by atoms with Crippen molar-refractivity contribution in [3.63, 3.8) is 0 Å². The zero-order valence-electron chi connectivity index (χ0n) is 11.3. The van der Waals surface area contributed by atoms with Gasteiger partial charge in [0, 0.05) is 32.7 Å². The predicted octanol–water partition coefficient (Wildman–Crippen LogP) is 4.40. The molecular formula is C15H14BrN3S. The summed E-state index contributed by atoms with van der Waals surface area (Å²) < 4.78 is 3.15. The molecule has 0 aliphatic heterocycles. The van der Waals surface area contributed by atoms with Gasteiger partial charge in [0.05, 0.1) is 5.69 Å². The van der Waals surface area contributed by atoms with Gasteiger partial charge >= 0.3 is 0 Å². The maximum atomic E-state index is 4.59. The van der Waals surface area contributed by atoms with Crippen LogP contribution in [0.25, 0.3) is 5.78 Å². The molecule has 3 rings (SSSR count).